The molecule has 0 spiro atoms. The van der Waals surface area contributed by atoms with Crippen LogP contribution in [0.25, 0.3) is 0 Å². The van der Waals surface area contributed by atoms with Gasteiger partial charge in [-0.1, -0.05) is 18.2 Å². The molecule has 0 saturated heterocycles. The first-order valence-electron chi connectivity index (χ1n) is 9.56. The van der Waals surface area contributed by atoms with Crippen molar-refractivity contribution in [3.8, 4) is 5.75 Å². The molecule has 1 atom stereocenters. The fraction of sp³-hybridized carbons (Fsp3) is 0.348. The van der Waals surface area contributed by atoms with Gasteiger partial charge in [-0.05, 0) is 69.5 Å². The fourth-order valence-electron chi connectivity index (χ4n) is 2.92. The maximum absolute atomic E-state index is 12.7. The van der Waals surface area contributed by atoms with Crippen molar-refractivity contribution < 1.29 is 23.9 Å². The topological polar surface area (TPSA) is 81.7 Å². The van der Waals surface area contributed by atoms with Gasteiger partial charge in [0.25, 0.3) is 5.91 Å². The molecule has 0 aliphatic heterocycles. The Bertz CT molecular complexity index is 919. The maximum atomic E-state index is 12.7. The van der Waals surface area contributed by atoms with Crippen LogP contribution in [0.5, 0.6) is 5.75 Å². The maximum Gasteiger partial charge on any atom is 0.326 e. The smallest absolute Gasteiger partial charge is 0.326 e. The van der Waals surface area contributed by atoms with Crippen molar-refractivity contribution in [2.24, 2.45) is 0 Å². The summed E-state index contributed by atoms with van der Waals surface area (Å²) in [6, 6.07) is 10.5. The Kier molecular flexibility index (Phi) is 7.53. The summed E-state index contributed by atoms with van der Waals surface area (Å²) in [4.78, 5) is 37.1. The molecule has 1 N–H and O–H groups in total. The summed E-state index contributed by atoms with van der Waals surface area (Å²) in [5.74, 6) is -0.967. The lowest BCUT2D eigenvalue weighted by atomic mass is 9.96. The first-order chi connectivity index (χ1) is 13.7. The Balaban J connectivity index is 1.96. The molecule has 0 aliphatic carbocycles. The molecule has 0 aliphatic rings. The van der Waals surface area contributed by atoms with E-state index in [-0.39, 0.29) is 12.3 Å². The minimum Gasteiger partial charge on any atom is -0.493 e. The third-order valence-electron chi connectivity index (χ3n) is 4.61. The molecule has 6 heteroatoms. The van der Waals surface area contributed by atoms with Crippen LogP contribution >= 0.6 is 0 Å². The number of carbonyl (C=O) groups is 3. The van der Waals surface area contributed by atoms with Crippen LogP contribution in [0.1, 0.15) is 51.3 Å². The molecule has 0 unspecified atom stereocenters. The highest BCUT2D eigenvalue weighted by Gasteiger charge is 2.22. The average Bonchev–Trinajstić information content (AvgIpc) is 2.69. The highest BCUT2D eigenvalue weighted by atomic mass is 16.5. The Morgan fingerprint density at radius 2 is 1.62 bits per heavy atom. The molecule has 0 aromatic heterocycles. The number of aryl methyl sites for hydroxylation is 3. The van der Waals surface area contributed by atoms with E-state index in [0.29, 0.717) is 23.5 Å². The van der Waals surface area contributed by atoms with Gasteiger partial charge in [0, 0.05) is 5.56 Å². The zero-order chi connectivity index (χ0) is 21.6. The van der Waals surface area contributed by atoms with Crippen molar-refractivity contribution in [3.05, 3.63) is 64.2 Å². The van der Waals surface area contributed by atoms with Gasteiger partial charge in [0.1, 0.15) is 12.3 Å². The van der Waals surface area contributed by atoms with Crippen molar-refractivity contribution in [2.45, 2.75) is 40.7 Å². The minimum absolute atomic E-state index is 0.271. The molecule has 29 heavy (non-hydrogen) atoms. The fourth-order valence-corrected chi connectivity index (χ4v) is 2.92. The van der Waals surface area contributed by atoms with Crippen LogP contribution in [0.15, 0.2) is 36.4 Å². The number of hydrogen-bond donors (Lipinski definition) is 1. The Hall–Kier alpha value is -3.15. The summed E-state index contributed by atoms with van der Waals surface area (Å²) in [6.07, 6.45) is -0.948. The zero-order valence-corrected chi connectivity index (χ0v) is 17.5. The number of ether oxygens (including phenoxy) is 2. The number of para-hydroxylation sites is 1. The number of hydrogen-bond acceptors (Lipinski definition) is 5. The zero-order valence-electron chi connectivity index (χ0n) is 17.5. The largest absolute Gasteiger partial charge is 0.493 e. The molecule has 154 valence electrons. The first kappa shape index (κ1) is 22.1. The normalized spacial score (nSPS) is 11.5. The molecule has 6 nitrogen and oxygen atoms in total. The predicted octanol–water partition coefficient (Wildman–Crippen LogP) is 3.55. The molecular formula is C23H27NO5. The van der Waals surface area contributed by atoms with Gasteiger partial charge in [0.05, 0.1) is 12.2 Å². The number of carbonyl (C=O) groups excluding carboxylic acids is 3. The van der Waals surface area contributed by atoms with Crippen LogP contribution in [0.4, 0.5) is 0 Å². The quantitative estimate of drug-likeness (QED) is 0.544. The second kappa shape index (κ2) is 9.87. The van der Waals surface area contributed by atoms with Gasteiger partial charge in [0.2, 0.25) is 5.78 Å². The van der Waals surface area contributed by atoms with Gasteiger partial charge >= 0.3 is 5.97 Å². The summed E-state index contributed by atoms with van der Waals surface area (Å²) in [5, 5.41) is 2.50. The van der Waals surface area contributed by atoms with Crippen LogP contribution in [0.3, 0.4) is 0 Å². The van der Waals surface area contributed by atoms with Gasteiger partial charge in [-0.2, -0.15) is 0 Å². The predicted molar refractivity (Wildman–Crippen MR) is 110 cm³/mol. The van der Waals surface area contributed by atoms with E-state index in [4.69, 9.17) is 9.47 Å². The average molecular weight is 397 g/mol. The molecule has 0 bridgehead atoms. The third-order valence-corrected chi connectivity index (χ3v) is 4.61. The van der Waals surface area contributed by atoms with E-state index in [9.17, 15) is 14.4 Å². The standard InChI is InChI=1S/C23H27NO5/c1-6-28-20-10-8-7-9-18(20)23(27)24-13-21(25)29-17(5)22(26)19-12-15(3)14(2)11-16(19)4/h7-12,17H,6,13H2,1-5H3,(H,24,27)/t17-/m0/s1. The molecule has 2 rings (SSSR count). The lowest BCUT2D eigenvalue weighted by Crippen LogP contribution is -2.34. The van der Waals surface area contributed by atoms with E-state index in [1.807, 2.05) is 39.8 Å². The SMILES string of the molecule is CCOc1ccccc1C(=O)NCC(=O)O[C@@H](C)C(=O)c1cc(C)c(C)cc1C. The highest BCUT2D eigenvalue weighted by molar-refractivity contribution is 6.02. The van der Waals surface area contributed by atoms with E-state index >= 15 is 0 Å². The van der Waals surface area contributed by atoms with E-state index in [1.165, 1.54) is 6.92 Å². The van der Waals surface area contributed by atoms with Crippen molar-refractivity contribution >= 4 is 17.7 Å². The monoisotopic (exact) mass is 397 g/mol. The molecule has 0 radical (unpaired) electrons. The Morgan fingerprint density at radius 1 is 0.966 bits per heavy atom. The number of rotatable bonds is 8. The molecule has 0 heterocycles. The summed E-state index contributed by atoms with van der Waals surface area (Å²) in [6.45, 7) is 9.18. The van der Waals surface area contributed by atoms with Crippen LogP contribution in [-0.2, 0) is 9.53 Å². The van der Waals surface area contributed by atoms with Crippen molar-refractivity contribution in [1.29, 1.82) is 0 Å². The summed E-state index contributed by atoms with van der Waals surface area (Å²) in [5.41, 5.74) is 3.79. The number of benzene rings is 2. The van der Waals surface area contributed by atoms with Gasteiger partial charge in [-0.3, -0.25) is 14.4 Å². The summed E-state index contributed by atoms with van der Waals surface area (Å²) >= 11 is 0. The molecule has 0 fully saturated rings. The van der Waals surface area contributed by atoms with Gasteiger partial charge in [0.15, 0.2) is 6.10 Å². The number of nitrogens with one attached hydrogen (secondary N) is 1. The van der Waals surface area contributed by atoms with Gasteiger partial charge in [-0.15, -0.1) is 0 Å². The summed E-state index contributed by atoms with van der Waals surface area (Å²) in [7, 11) is 0. The third kappa shape index (κ3) is 5.67. The lowest BCUT2D eigenvalue weighted by molar-refractivity contribution is -0.145. The van der Waals surface area contributed by atoms with Crippen molar-refractivity contribution in [1.82, 2.24) is 5.32 Å². The van der Waals surface area contributed by atoms with Crippen LogP contribution < -0.4 is 10.1 Å². The number of amides is 1. The second-order valence-corrected chi connectivity index (χ2v) is 6.86. The van der Waals surface area contributed by atoms with Crippen molar-refractivity contribution in [2.75, 3.05) is 13.2 Å². The Morgan fingerprint density at radius 3 is 2.31 bits per heavy atom. The van der Waals surface area contributed by atoms with E-state index in [1.54, 1.807) is 24.3 Å². The molecule has 2 aromatic carbocycles. The highest BCUT2D eigenvalue weighted by Crippen LogP contribution is 2.19. The van der Waals surface area contributed by atoms with Crippen LogP contribution in [0, 0.1) is 20.8 Å². The lowest BCUT2D eigenvalue weighted by Gasteiger charge is -2.15. The molecule has 0 saturated carbocycles. The number of Topliss-reactive ketones (excluding diaryl/α,β-unsaturated/α-hetero) is 1. The first-order valence-corrected chi connectivity index (χ1v) is 9.56. The number of esters is 1. The van der Waals surface area contributed by atoms with Crippen molar-refractivity contribution in [3.63, 3.8) is 0 Å². The molecule has 2 aromatic rings. The molecular weight excluding hydrogens is 370 g/mol. The van der Waals surface area contributed by atoms with Gasteiger partial charge < -0.3 is 14.8 Å². The van der Waals surface area contributed by atoms with Crippen LogP contribution in [0.2, 0.25) is 0 Å². The Labute approximate surface area is 171 Å². The van der Waals surface area contributed by atoms with Gasteiger partial charge in [-0.25, -0.2) is 0 Å². The van der Waals surface area contributed by atoms with E-state index in [2.05, 4.69) is 5.32 Å². The number of ketones is 1. The van der Waals surface area contributed by atoms with E-state index in [0.717, 1.165) is 16.7 Å². The summed E-state index contributed by atoms with van der Waals surface area (Å²) < 4.78 is 10.6. The molecule has 1 amide bonds. The second-order valence-electron chi connectivity index (χ2n) is 6.86. The minimum atomic E-state index is -0.948. The van der Waals surface area contributed by atoms with E-state index < -0.39 is 18.0 Å². The van der Waals surface area contributed by atoms with Crippen LogP contribution in [-0.4, -0.2) is 36.9 Å².